The Labute approximate surface area is 209 Å². The van der Waals surface area contributed by atoms with Gasteiger partial charge in [0.05, 0.1) is 48.5 Å². The van der Waals surface area contributed by atoms with Gasteiger partial charge in [0.1, 0.15) is 0 Å². The van der Waals surface area contributed by atoms with Crippen LogP contribution in [0.15, 0.2) is 42.6 Å². The Morgan fingerprint density at radius 3 is 2.19 bits per heavy atom. The number of hydrogen-bond donors (Lipinski definition) is 2. The molecule has 0 saturated carbocycles. The van der Waals surface area contributed by atoms with Crippen molar-refractivity contribution in [1.82, 2.24) is 15.1 Å². The fourth-order valence-electron chi connectivity index (χ4n) is 4.63. The Balaban J connectivity index is 1.75. The molecule has 1 aliphatic rings. The lowest BCUT2D eigenvalue weighted by molar-refractivity contribution is 0.0599. The summed E-state index contributed by atoms with van der Waals surface area (Å²) in [6.07, 6.45) is 3.33. The van der Waals surface area contributed by atoms with Gasteiger partial charge in [-0.1, -0.05) is 17.7 Å². The summed E-state index contributed by atoms with van der Waals surface area (Å²) < 4.78 is 11.5. The maximum absolute atomic E-state index is 13.6. The molecule has 2 N–H and O–H groups in total. The van der Waals surface area contributed by atoms with Crippen molar-refractivity contribution in [3.05, 3.63) is 76.1 Å². The molecule has 4 rings (SSSR count). The maximum atomic E-state index is 13.6. The van der Waals surface area contributed by atoms with Gasteiger partial charge < -0.3 is 20.1 Å². The predicted molar refractivity (Wildman–Crippen MR) is 135 cm³/mol. The van der Waals surface area contributed by atoms with Gasteiger partial charge in [-0.05, 0) is 69.6 Å². The van der Waals surface area contributed by atoms with Crippen LogP contribution in [0.5, 0.6) is 0 Å². The molecule has 3 aromatic rings. The molecule has 1 amide bonds. The monoisotopic (exact) mass is 490 g/mol. The number of hydrogen-bond acceptors (Lipinski definition) is 7. The van der Waals surface area contributed by atoms with Crippen LogP contribution < -0.4 is 10.6 Å². The number of piperidine rings is 1. The van der Waals surface area contributed by atoms with Gasteiger partial charge in [0, 0.05) is 11.6 Å². The number of carbonyl (C=O) groups excluding carboxylic acids is 3. The topological polar surface area (TPSA) is 112 Å². The number of ether oxygens (including phenoxy) is 2. The summed E-state index contributed by atoms with van der Waals surface area (Å²) in [5, 5.41) is 10.8. The van der Waals surface area contributed by atoms with E-state index in [2.05, 4.69) is 21.8 Å². The third kappa shape index (κ3) is 5.16. The first-order chi connectivity index (χ1) is 17.3. The minimum Gasteiger partial charge on any atom is -0.465 e. The Kier molecular flexibility index (Phi) is 7.49. The zero-order valence-corrected chi connectivity index (χ0v) is 20.9. The van der Waals surface area contributed by atoms with Crippen molar-refractivity contribution in [2.24, 2.45) is 0 Å². The number of anilines is 1. The van der Waals surface area contributed by atoms with Crippen LogP contribution in [0.25, 0.3) is 5.69 Å². The fraction of sp³-hybridized carbons (Fsp3) is 0.333. The second-order valence-corrected chi connectivity index (χ2v) is 8.91. The van der Waals surface area contributed by atoms with Gasteiger partial charge in [0.25, 0.3) is 5.91 Å². The summed E-state index contributed by atoms with van der Waals surface area (Å²) in [7, 11) is 2.50. The van der Waals surface area contributed by atoms with E-state index in [1.165, 1.54) is 32.4 Å². The van der Waals surface area contributed by atoms with Gasteiger partial charge in [-0.15, -0.1) is 0 Å². The van der Waals surface area contributed by atoms with E-state index >= 15 is 0 Å². The number of rotatable bonds is 6. The third-order valence-corrected chi connectivity index (χ3v) is 6.39. The van der Waals surface area contributed by atoms with E-state index < -0.39 is 11.9 Å². The van der Waals surface area contributed by atoms with E-state index in [1.54, 1.807) is 6.20 Å². The highest BCUT2D eigenvalue weighted by atomic mass is 16.5. The summed E-state index contributed by atoms with van der Waals surface area (Å²) in [6, 6.07) is 10.4. The van der Waals surface area contributed by atoms with Gasteiger partial charge in [0.15, 0.2) is 0 Å². The molecule has 1 fully saturated rings. The van der Waals surface area contributed by atoms with Crippen molar-refractivity contribution >= 4 is 23.5 Å². The number of nitrogens with zero attached hydrogens (tertiary/aromatic N) is 2. The van der Waals surface area contributed by atoms with E-state index in [0.29, 0.717) is 5.56 Å². The maximum Gasteiger partial charge on any atom is 0.337 e. The Morgan fingerprint density at radius 2 is 1.61 bits per heavy atom. The van der Waals surface area contributed by atoms with E-state index in [4.69, 9.17) is 9.47 Å². The van der Waals surface area contributed by atoms with Gasteiger partial charge in [-0.2, -0.15) is 5.10 Å². The zero-order chi connectivity index (χ0) is 25.8. The zero-order valence-electron chi connectivity index (χ0n) is 20.9. The van der Waals surface area contributed by atoms with Crippen molar-refractivity contribution in [3.63, 3.8) is 0 Å². The Morgan fingerprint density at radius 1 is 0.972 bits per heavy atom. The Bertz CT molecular complexity index is 1270. The lowest BCUT2D eigenvalue weighted by atomic mass is 9.91. The molecule has 0 aliphatic carbocycles. The number of aryl methyl sites for hydroxylation is 2. The predicted octanol–water partition coefficient (Wildman–Crippen LogP) is 3.78. The number of amides is 1. The highest BCUT2D eigenvalue weighted by Crippen LogP contribution is 2.32. The minimum atomic E-state index is -0.630. The largest absolute Gasteiger partial charge is 0.465 e. The second kappa shape index (κ2) is 10.7. The number of nitrogens with one attached hydrogen (secondary N) is 2. The first kappa shape index (κ1) is 25.1. The molecule has 0 spiro atoms. The third-order valence-electron chi connectivity index (χ3n) is 6.39. The average Bonchev–Trinajstić information content (AvgIpc) is 3.33. The molecule has 36 heavy (non-hydrogen) atoms. The number of carbonyl (C=O) groups is 3. The van der Waals surface area contributed by atoms with Crippen LogP contribution in [0.4, 0.5) is 5.69 Å². The van der Waals surface area contributed by atoms with Crippen molar-refractivity contribution in [2.75, 3.05) is 32.6 Å². The number of aromatic nitrogens is 2. The summed E-state index contributed by atoms with van der Waals surface area (Å²) in [5.74, 6) is -1.50. The molecular formula is C27H30N4O5. The van der Waals surface area contributed by atoms with Crippen molar-refractivity contribution < 1.29 is 23.9 Å². The molecule has 0 bridgehead atoms. The highest BCUT2D eigenvalue weighted by molar-refractivity contribution is 6.06. The van der Waals surface area contributed by atoms with Gasteiger partial charge >= 0.3 is 11.9 Å². The summed E-state index contributed by atoms with van der Waals surface area (Å²) >= 11 is 0. The molecule has 2 heterocycles. The van der Waals surface area contributed by atoms with E-state index in [-0.39, 0.29) is 28.6 Å². The molecule has 1 saturated heterocycles. The van der Waals surface area contributed by atoms with Crippen molar-refractivity contribution in [2.45, 2.75) is 32.6 Å². The summed E-state index contributed by atoms with van der Waals surface area (Å²) in [6.45, 7) is 5.78. The number of benzene rings is 2. The van der Waals surface area contributed by atoms with E-state index in [0.717, 1.165) is 48.4 Å². The first-order valence-corrected chi connectivity index (χ1v) is 11.8. The van der Waals surface area contributed by atoms with Crippen LogP contribution >= 0.6 is 0 Å². The minimum absolute atomic E-state index is 0.125. The van der Waals surface area contributed by atoms with Gasteiger partial charge in [-0.3, -0.25) is 4.79 Å². The van der Waals surface area contributed by atoms with E-state index in [1.807, 2.05) is 30.7 Å². The highest BCUT2D eigenvalue weighted by Gasteiger charge is 2.28. The standard InChI is InChI=1S/C27H30N4O5/c1-16-5-6-23(17(2)11-16)31-24(18-7-9-28-10-8-18)22(15-29-31)25(32)30-21-13-19(26(33)35-3)12-20(14-21)27(34)36-4/h5-6,11-15,18,28H,7-10H2,1-4H3,(H,30,32). The lowest BCUT2D eigenvalue weighted by Gasteiger charge is -2.25. The van der Waals surface area contributed by atoms with Gasteiger partial charge in [0.2, 0.25) is 0 Å². The molecular weight excluding hydrogens is 460 g/mol. The normalized spacial score (nSPS) is 13.8. The van der Waals surface area contributed by atoms with Gasteiger partial charge in [-0.25, -0.2) is 14.3 Å². The number of methoxy groups -OCH3 is 2. The quantitative estimate of drug-likeness (QED) is 0.506. The molecule has 188 valence electrons. The summed E-state index contributed by atoms with van der Waals surface area (Å²) in [5.41, 5.74) is 4.96. The SMILES string of the molecule is COC(=O)c1cc(NC(=O)c2cnn(-c3ccc(C)cc3C)c2C2CCNCC2)cc(C(=O)OC)c1. The van der Waals surface area contributed by atoms with Crippen LogP contribution in [0.1, 0.15) is 66.7 Å². The number of esters is 2. The van der Waals surface area contributed by atoms with Crippen LogP contribution in [0, 0.1) is 13.8 Å². The second-order valence-electron chi connectivity index (χ2n) is 8.91. The molecule has 0 radical (unpaired) electrons. The van der Waals surface area contributed by atoms with Crippen LogP contribution in [-0.2, 0) is 9.47 Å². The Hall–Kier alpha value is -3.98. The van der Waals surface area contributed by atoms with Crippen LogP contribution in [-0.4, -0.2) is 54.9 Å². The molecule has 1 aliphatic heterocycles. The van der Waals surface area contributed by atoms with Crippen LogP contribution in [0.3, 0.4) is 0 Å². The smallest absolute Gasteiger partial charge is 0.337 e. The first-order valence-electron chi connectivity index (χ1n) is 11.8. The molecule has 0 atom stereocenters. The van der Waals surface area contributed by atoms with Crippen molar-refractivity contribution in [3.8, 4) is 5.69 Å². The molecule has 0 unspecified atom stereocenters. The lowest BCUT2D eigenvalue weighted by Crippen LogP contribution is -2.29. The van der Waals surface area contributed by atoms with E-state index in [9.17, 15) is 14.4 Å². The molecule has 1 aromatic heterocycles. The van der Waals surface area contributed by atoms with Crippen molar-refractivity contribution in [1.29, 1.82) is 0 Å². The molecule has 9 nitrogen and oxygen atoms in total. The average molecular weight is 491 g/mol. The molecule has 2 aromatic carbocycles. The molecule has 9 heteroatoms. The fourth-order valence-corrected chi connectivity index (χ4v) is 4.63. The summed E-state index contributed by atoms with van der Waals surface area (Å²) in [4.78, 5) is 37.9. The van der Waals surface area contributed by atoms with Crippen LogP contribution in [0.2, 0.25) is 0 Å².